The van der Waals surface area contributed by atoms with Crippen LogP contribution in [0.2, 0.25) is 0 Å². The molecule has 10 rings (SSSR count). The van der Waals surface area contributed by atoms with Gasteiger partial charge in [-0.1, -0.05) is 143 Å². The number of nitrogens with zero attached hydrogens (tertiary/aromatic N) is 3. The molecule has 0 radical (unpaired) electrons. The lowest BCUT2D eigenvalue weighted by Crippen LogP contribution is -2.19. The number of benzene rings is 6. The van der Waals surface area contributed by atoms with Gasteiger partial charge in [-0.3, -0.25) is 4.57 Å². The summed E-state index contributed by atoms with van der Waals surface area (Å²) in [5, 5.41) is 3.60. The van der Waals surface area contributed by atoms with Gasteiger partial charge in [0.2, 0.25) is 5.95 Å². The highest BCUT2D eigenvalue weighted by Crippen LogP contribution is 2.63. The van der Waals surface area contributed by atoms with Crippen LogP contribution < -0.4 is 0 Å². The van der Waals surface area contributed by atoms with Crippen molar-refractivity contribution in [2.45, 2.75) is 38.5 Å². The van der Waals surface area contributed by atoms with Gasteiger partial charge < -0.3 is 0 Å². The summed E-state index contributed by atoms with van der Waals surface area (Å²) in [4.78, 5) is 10.8. The van der Waals surface area contributed by atoms with E-state index in [0.29, 0.717) is 5.95 Å². The maximum atomic E-state index is 5.45. The number of hydrogen-bond donors (Lipinski definition) is 0. The van der Waals surface area contributed by atoms with Gasteiger partial charge in [0.05, 0.1) is 22.2 Å². The molecule has 0 atom stereocenters. The first-order valence-electron chi connectivity index (χ1n) is 16.5. The lowest BCUT2D eigenvalue weighted by molar-refractivity contribution is 0.651. The summed E-state index contributed by atoms with van der Waals surface area (Å²) in [6.45, 7) is 9.63. The summed E-state index contributed by atoms with van der Waals surface area (Å²) in [6.07, 6.45) is 0. The van der Waals surface area contributed by atoms with Crippen LogP contribution in [0.1, 0.15) is 49.9 Å². The lowest BCUT2D eigenvalue weighted by atomic mass is 9.75. The van der Waals surface area contributed by atoms with Crippen molar-refractivity contribution in [3.63, 3.8) is 0 Å². The maximum absolute atomic E-state index is 5.45. The minimum atomic E-state index is -0.196. The van der Waals surface area contributed by atoms with E-state index in [1.165, 1.54) is 60.8 Å². The number of hydrogen-bond acceptors (Lipinski definition) is 2. The van der Waals surface area contributed by atoms with Gasteiger partial charge >= 0.3 is 0 Å². The highest BCUT2D eigenvalue weighted by atomic mass is 15.2. The highest BCUT2D eigenvalue weighted by Gasteiger charge is 2.47. The van der Waals surface area contributed by atoms with Crippen LogP contribution in [0.4, 0.5) is 0 Å². The molecule has 2 aromatic heterocycles. The minimum absolute atomic E-state index is 0.196. The smallest absolute Gasteiger partial charge is 0.235 e. The number of fused-ring (bicyclic) bond motifs is 13. The molecule has 8 aromatic rings. The highest BCUT2D eigenvalue weighted by molar-refractivity contribution is 6.21. The molecule has 0 saturated carbocycles. The van der Waals surface area contributed by atoms with Gasteiger partial charge in [0.25, 0.3) is 0 Å². The number of aromatic nitrogens is 3. The Bertz CT molecular complexity index is 2620. The molecule has 0 fully saturated rings. The summed E-state index contributed by atoms with van der Waals surface area (Å²) < 4.78 is 2.37. The Balaban J connectivity index is 1.46. The average Bonchev–Trinajstić information content (AvgIpc) is 3.65. The predicted molar refractivity (Wildman–Crippen MR) is 194 cm³/mol. The molecule has 47 heavy (non-hydrogen) atoms. The molecule has 2 aliphatic carbocycles. The van der Waals surface area contributed by atoms with Gasteiger partial charge in [0, 0.05) is 38.1 Å². The second-order valence-corrected chi connectivity index (χ2v) is 14.2. The standard InChI is InChI=1S/C44H33N3/c1-43(2)31-22-12-8-18-27(31)35-38-36(28-19-9-13-23-32(28)44(38,3)4)41-37(39(35)43)30-21-11-15-25-34(30)47(41)42-45-33-24-14-10-20-29(33)40(46-42)26-16-6-5-7-17-26/h5-25H,1-4H3. The first-order valence-corrected chi connectivity index (χ1v) is 16.5. The van der Waals surface area contributed by atoms with Crippen LogP contribution in [-0.2, 0) is 10.8 Å². The van der Waals surface area contributed by atoms with Crippen LogP contribution in [0.25, 0.3) is 72.2 Å². The Morgan fingerprint density at radius 2 is 1.09 bits per heavy atom. The van der Waals surface area contributed by atoms with Crippen LogP contribution in [0.5, 0.6) is 0 Å². The SMILES string of the molecule is CC1(C)c2ccccc2-c2c1c1c(c3c4ccccc4n(-c4nc(-c5ccccc5)c5ccccc5n4)c23)C(C)(C)c2ccccc2-1. The van der Waals surface area contributed by atoms with Crippen molar-refractivity contribution in [3.05, 3.63) is 150 Å². The first kappa shape index (κ1) is 26.7. The Morgan fingerprint density at radius 1 is 0.511 bits per heavy atom. The second kappa shape index (κ2) is 9.04. The van der Waals surface area contributed by atoms with Gasteiger partial charge in [0.1, 0.15) is 0 Å². The van der Waals surface area contributed by atoms with E-state index < -0.39 is 0 Å². The summed E-state index contributed by atoms with van der Waals surface area (Å²) in [5.74, 6) is 0.700. The lowest BCUT2D eigenvalue weighted by Gasteiger charge is -2.27. The van der Waals surface area contributed by atoms with E-state index in [1.54, 1.807) is 0 Å². The third-order valence-corrected chi connectivity index (χ3v) is 10.9. The molecule has 0 N–H and O–H groups in total. The number of rotatable bonds is 2. The van der Waals surface area contributed by atoms with Gasteiger partial charge in [-0.05, 0) is 51.1 Å². The first-order chi connectivity index (χ1) is 22.9. The molecule has 3 heteroatoms. The zero-order chi connectivity index (χ0) is 31.7. The number of para-hydroxylation sites is 2. The van der Waals surface area contributed by atoms with Crippen LogP contribution in [0.3, 0.4) is 0 Å². The topological polar surface area (TPSA) is 30.7 Å². The van der Waals surface area contributed by atoms with E-state index in [1.807, 2.05) is 0 Å². The van der Waals surface area contributed by atoms with E-state index in [0.717, 1.165) is 27.7 Å². The summed E-state index contributed by atoms with van der Waals surface area (Å²) >= 11 is 0. The van der Waals surface area contributed by atoms with E-state index >= 15 is 0 Å². The molecule has 6 aromatic carbocycles. The molecular formula is C44H33N3. The Labute approximate surface area is 274 Å². The Morgan fingerprint density at radius 3 is 1.83 bits per heavy atom. The largest absolute Gasteiger partial charge is 0.277 e. The third-order valence-electron chi connectivity index (χ3n) is 10.9. The van der Waals surface area contributed by atoms with E-state index in [2.05, 4.69) is 160 Å². The van der Waals surface area contributed by atoms with Gasteiger partial charge in [0.15, 0.2) is 0 Å². The van der Waals surface area contributed by atoms with Gasteiger partial charge in [-0.2, -0.15) is 0 Å². The molecule has 0 saturated heterocycles. The minimum Gasteiger partial charge on any atom is -0.277 e. The molecule has 3 nitrogen and oxygen atoms in total. The van der Waals surface area contributed by atoms with Crippen molar-refractivity contribution >= 4 is 32.7 Å². The van der Waals surface area contributed by atoms with Gasteiger partial charge in [-0.25, -0.2) is 9.97 Å². The summed E-state index contributed by atoms with van der Waals surface area (Å²) in [7, 11) is 0. The molecule has 0 unspecified atom stereocenters. The fraction of sp³-hybridized carbons (Fsp3) is 0.136. The third kappa shape index (κ3) is 3.31. The molecule has 0 amide bonds. The maximum Gasteiger partial charge on any atom is 0.235 e. The van der Waals surface area contributed by atoms with Crippen molar-refractivity contribution in [1.29, 1.82) is 0 Å². The fourth-order valence-electron chi connectivity index (χ4n) is 8.95. The van der Waals surface area contributed by atoms with Gasteiger partial charge in [-0.15, -0.1) is 0 Å². The molecular weight excluding hydrogens is 571 g/mol. The van der Waals surface area contributed by atoms with Crippen molar-refractivity contribution in [2.24, 2.45) is 0 Å². The van der Waals surface area contributed by atoms with Crippen molar-refractivity contribution in [2.75, 3.05) is 0 Å². The molecule has 2 aliphatic rings. The zero-order valence-corrected chi connectivity index (χ0v) is 27.0. The van der Waals surface area contributed by atoms with Crippen LogP contribution >= 0.6 is 0 Å². The Kier molecular flexibility index (Phi) is 5.13. The molecule has 224 valence electrons. The van der Waals surface area contributed by atoms with Crippen molar-refractivity contribution in [1.82, 2.24) is 14.5 Å². The van der Waals surface area contributed by atoms with E-state index in [-0.39, 0.29) is 10.8 Å². The monoisotopic (exact) mass is 603 g/mol. The quantitative estimate of drug-likeness (QED) is 0.197. The second-order valence-electron chi connectivity index (χ2n) is 14.2. The summed E-state index contributed by atoms with van der Waals surface area (Å²) in [6, 6.07) is 45.9. The molecule has 2 heterocycles. The molecule has 0 bridgehead atoms. The van der Waals surface area contributed by atoms with Crippen molar-refractivity contribution in [3.8, 4) is 39.5 Å². The zero-order valence-electron chi connectivity index (χ0n) is 27.0. The molecule has 0 aliphatic heterocycles. The normalized spacial score (nSPS) is 15.1. The fourth-order valence-corrected chi connectivity index (χ4v) is 8.95. The van der Waals surface area contributed by atoms with Crippen LogP contribution in [-0.4, -0.2) is 14.5 Å². The molecule has 0 spiro atoms. The average molecular weight is 604 g/mol. The summed E-state index contributed by atoms with van der Waals surface area (Å²) in [5.41, 5.74) is 15.9. The van der Waals surface area contributed by atoms with E-state index in [4.69, 9.17) is 9.97 Å². The van der Waals surface area contributed by atoms with Crippen LogP contribution in [0, 0.1) is 0 Å². The van der Waals surface area contributed by atoms with E-state index in [9.17, 15) is 0 Å². The van der Waals surface area contributed by atoms with Crippen molar-refractivity contribution < 1.29 is 0 Å². The van der Waals surface area contributed by atoms with Crippen LogP contribution in [0.15, 0.2) is 127 Å². The Hall–Kier alpha value is -5.54. The predicted octanol–water partition coefficient (Wildman–Crippen LogP) is 11.0.